The van der Waals surface area contributed by atoms with Crippen LogP contribution in [0.15, 0.2) is 18.2 Å². The van der Waals surface area contributed by atoms with E-state index in [1.165, 1.54) is 0 Å². The summed E-state index contributed by atoms with van der Waals surface area (Å²) in [6.45, 7) is 4.04. The number of ether oxygens (including phenoxy) is 1. The molecule has 0 fully saturated rings. The molecule has 0 radical (unpaired) electrons. The number of benzene rings is 1. The van der Waals surface area contributed by atoms with Crippen molar-refractivity contribution < 1.29 is 9.53 Å². The van der Waals surface area contributed by atoms with Gasteiger partial charge in [0.15, 0.2) is 0 Å². The molecule has 0 saturated heterocycles. The fraction of sp³-hybridized carbons (Fsp3) is 0.417. The van der Waals surface area contributed by atoms with Crippen LogP contribution in [0, 0.1) is 0 Å². The molecule has 94 valence electrons. The zero-order valence-electron chi connectivity index (χ0n) is 10.3. The van der Waals surface area contributed by atoms with Crippen molar-refractivity contribution in [1.29, 1.82) is 0 Å². The first-order chi connectivity index (χ1) is 8.06. The van der Waals surface area contributed by atoms with Crippen LogP contribution < -0.4 is 16.4 Å². The molecule has 0 aliphatic carbocycles. The zero-order valence-corrected chi connectivity index (χ0v) is 10.3. The first kappa shape index (κ1) is 13.3. The number of carbonyl (C=O) groups excluding carboxylic acids is 1. The number of hydrogen-bond donors (Lipinski definition) is 2. The van der Waals surface area contributed by atoms with Crippen LogP contribution in [-0.4, -0.2) is 32.7 Å². The minimum Gasteiger partial charge on any atom is -0.398 e. The van der Waals surface area contributed by atoms with Crippen LogP contribution in [-0.2, 0) is 4.74 Å². The molecule has 0 unspecified atom stereocenters. The third kappa shape index (κ3) is 3.64. The van der Waals surface area contributed by atoms with Gasteiger partial charge in [-0.2, -0.15) is 0 Å². The molecule has 0 aromatic heterocycles. The van der Waals surface area contributed by atoms with E-state index in [4.69, 9.17) is 16.2 Å². The number of amides is 1. The predicted octanol–water partition coefficient (Wildman–Crippen LogP) is 0.840. The molecule has 4 N–H and O–H groups in total. The third-order valence-electron chi connectivity index (χ3n) is 2.52. The highest BCUT2D eigenvalue weighted by Gasteiger charge is 2.08. The molecule has 0 spiro atoms. The Morgan fingerprint density at radius 2 is 2.18 bits per heavy atom. The van der Waals surface area contributed by atoms with Crippen LogP contribution in [0.4, 0.5) is 11.4 Å². The molecule has 0 aliphatic heterocycles. The van der Waals surface area contributed by atoms with Crippen molar-refractivity contribution in [3.05, 3.63) is 23.8 Å². The fourth-order valence-electron chi connectivity index (χ4n) is 1.47. The summed E-state index contributed by atoms with van der Waals surface area (Å²) >= 11 is 0. The lowest BCUT2D eigenvalue weighted by Crippen LogP contribution is -2.23. The smallest absolute Gasteiger partial charge is 0.250 e. The summed E-state index contributed by atoms with van der Waals surface area (Å²) < 4.78 is 5.27. The second-order valence-electron chi connectivity index (χ2n) is 3.75. The van der Waals surface area contributed by atoms with E-state index in [0.717, 1.165) is 12.2 Å². The van der Waals surface area contributed by atoms with Gasteiger partial charge < -0.3 is 21.1 Å². The molecule has 1 rings (SSSR count). The van der Waals surface area contributed by atoms with Crippen molar-refractivity contribution in [2.45, 2.75) is 6.92 Å². The molecule has 1 aromatic rings. The standard InChI is InChI=1S/C12H19N3O2/c1-3-17-7-6-15(2)9-4-5-11(13)10(8-9)12(14)16/h4-5,8H,3,6-7,13H2,1-2H3,(H2,14,16). The number of hydrogen-bond acceptors (Lipinski definition) is 4. The Balaban J connectivity index is 2.77. The second kappa shape index (κ2) is 6.10. The molecule has 0 heterocycles. The van der Waals surface area contributed by atoms with Crippen molar-refractivity contribution in [2.75, 3.05) is 37.4 Å². The van der Waals surface area contributed by atoms with E-state index < -0.39 is 5.91 Å². The van der Waals surface area contributed by atoms with E-state index in [-0.39, 0.29) is 0 Å². The summed E-state index contributed by atoms with van der Waals surface area (Å²) in [6, 6.07) is 5.24. The Kier molecular flexibility index (Phi) is 4.78. The van der Waals surface area contributed by atoms with Gasteiger partial charge in [-0.25, -0.2) is 0 Å². The van der Waals surface area contributed by atoms with Crippen LogP contribution in [0.1, 0.15) is 17.3 Å². The summed E-state index contributed by atoms with van der Waals surface area (Å²) in [7, 11) is 1.93. The highest BCUT2D eigenvalue weighted by molar-refractivity contribution is 5.99. The number of nitrogens with zero attached hydrogens (tertiary/aromatic N) is 1. The molecule has 0 saturated carbocycles. The molecule has 0 bridgehead atoms. The van der Waals surface area contributed by atoms with Gasteiger partial charge in [-0.05, 0) is 25.1 Å². The van der Waals surface area contributed by atoms with Gasteiger partial charge >= 0.3 is 0 Å². The fourth-order valence-corrected chi connectivity index (χ4v) is 1.47. The minimum atomic E-state index is -0.512. The molecular weight excluding hydrogens is 218 g/mol. The third-order valence-corrected chi connectivity index (χ3v) is 2.52. The second-order valence-corrected chi connectivity index (χ2v) is 3.75. The van der Waals surface area contributed by atoms with Gasteiger partial charge in [-0.15, -0.1) is 0 Å². The van der Waals surface area contributed by atoms with Crippen LogP contribution >= 0.6 is 0 Å². The number of likely N-dealkylation sites (N-methyl/N-ethyl adjacent to an activating group) is 1. The molecule has 1 aromatic carbocycles. The molecular formula is C12H19N3O2. The molecule has 5 heteroatoms. The first-order valence-corrected chi connectivity index (χ1v) is 5.54. The lowest BCUT2D eigenvalue weighted by atomic mass is 10.1. The van der Waals surface area contributed by atoms with Crippen LogP contribution in [0.3, 0.4) is 0 Å². The average Bonchev–Trinajstić information content (AvgIpc) is 2.29. The Bertz CT molecular complexity index is 393. The monoisotopic (exact) mass is 237 g/mol. The average molecular weight is 237 g/mol. The summed E-state index contributed by atoms with van der Waals surface area (Å²) in [5.74, 6) is -0.512. The van der Waals surface area contributed by atoms with Gasteiger partial charge in [0.2, 0.25) is 0 Å². The van der Waals surface area contributed by atoms with Gasteiger partial charge in [0.25, 0.3) is 5.91 Å². The number of carbonyl (C=O) groups is 1. The SMILES string of the molecule is CCOCCN(C)c1ccc(N)c(C(N)=O)c1. The van der Waals surface area contributed by atoms with Crippen molar-refractivity contribution in [2.24, 2.45) is 5.73 Å². The van der Waals surface area contributed by atoms with Gasteiger partial charge in [0.1, 0.15) is 0 Å². The highest BCUT2D eigenvalue weighted by Crippen LogP contribution is 2.19. The maximum atomic E-state index is 11.2. The summed E-state index contributed by atoms with van der Waals surface area (Å²) in [5, 5.41) is 0. The van der Waals surface area contributed by atoms with Crippen LogP contribution in [0.5, 0.6) is 0 Å². The van der Waals surface area contributed by atoms with Gasteiger partial charge in [-0.3, -0.25) is 4.79 Å². The van der Waals surface area contributed by atoms with Crippen molar-refractivity contribution >= 4 is 17.3 Å². The molecule has 0 atom stereocenters. The number of nitrogens with two attached hydrogens (primary N) is 2. The van der Waals surface area contributed by atoms with Crippen molar-refractivity contribution in [3.63, 3.8) is 0 Å². The number of nitrogen functional groups attached to an aromatic ring is 1. The summed E-state index contributed by atoms with van der Waals surface area (Å²) in [5.41, 5.74) is 12.6. The van der Waals surface area contributed by atoms with E-state index in [1.54, 1.807) is 12.1 Å². The molecule has 1 amide bonds. The number of primary amides is 1. The number of anilines is 2. The maximum absolute atomic E-state index is 11.2. The molecule has 0 aliphatic rings. The van der Waals surface area contributed by atoms with Crippen molar-refractivity contribution in [1.82, 2.24) is 0 Å². The van der Waals surface area contributed by atoms with E-state index in [9.17, 15) is 4.79 Å². The highest BCUT2D eigenvalue weighted by atomic mass is 16.5. The topological polar surface area (TPSA) is 81.6 Å². The quantitative estimate of drug-likeness (QED) is 0.567. The Morgan fingerprint density at radius 1 is 1.47 bits per heavy atom. The summed E-state index contributed by atoms with van der Waals surface area (Å²) in [6.07, 6.45) is 0. The first-order valence-electron chi connectivity index (χ1n) is 5.54. The van der Waals surface area contributed by atoms with E-state index in [2.05, 4.69) is 0 Å². The maximum Gasteiger partial charge on any atom is 0.250 e. The largest absolute Gasteiger partial charge is 0.398 e. The Morgan fingerprint density at radius 3 is 2.76 bits per heavy atom. The van der Waals surface area contributed by atoms with Crippen LogP contribution in [0.2, 0.25) is 0 Å². The lowest BCUT2D eigenvalue weighted by molar-refractivity contribution is 0.100. The Labute approximate surface area is 101 Å². The minimum absolute atomic E-state index is 0.353. The molecule has 17 heavy (non-hydrogen) atoms. The molecule has 5 nitrogen and oxygen atoms in total. The number of rotatable bonds is 6. The predicted molar refractivity (Wildman–Crippen MR) is 69.1 cm³/mol. The van der Waals surface area contributed by atoms with Gasteiger partial charge in [0, 0.05) is 31.6 Å². The normalized spacial score (nSPS) is 10.2. The van der Waals surface area contributed by atoms with Crippen molar-refractivity contribution in [3.8, 4) is 0 Å². The lowest BCUT2D eigenvalue weighted by Gasteiger charge is -2.20. The van der Waals surface area contributed by atoms with E-state index in [0.29, 0.717) is 24.5 Å². The zero-order chi connectivity index (χ0) is 12.8. The van der Waals surface area contributed by atoms with E-state index >= 15 is 0 Å². The summed E-state index contributed by atoms with van der Waals surface area (Å²) in [4.78, 5) is 13.1. The van der Waals surface area contributed by atoms with E-state index in [1.807, 2.05) is 24.9 Å². The van der Waals surface area contributed by atoms with Gasteiger partial charge in [0.05, 0.1) is 12.2 Å². The van der Waals surface area contributed by atoms with Crippen LogP contribution in [0.25, 0.3) is 0 Å². The van der Waals surface area contributed by atoms with Gasteiger partial charge in [-0.1, -0.05) is 0 Å². The Hall–Kier alpha value is -1.75.